The van der Waals surface area contributed by atoms with Crippen molar-refractivity contribution < 1.29 is 5.11 Å². The number of rotatable bonds is 4. The van der Waals surface area contributed by atoms with Crippen molar-refractivity contribution in [1.29, 1.82) is 0 Å². The molecular weight excluding hydrogens is 190 g/mol. The number of hydrazine groups is 1. The van der Waals surface area contributed by atoms with Gasteiger partial charge in [0.15, 0.2) is 0 Å². The van der Waals surface area contributed by atoms with E-state index < -0.39 is 0 Å². The fraction of sp³-hybridized carbons (Fsp3) is 0.333. The Morgan fingerprint density at radius 2 is 2.31 bits per heavy atom. The lowest BCUT2D eigenvalue weighted by atomic mass is 10.6. The van der Waals surface area contributed by atoms with Crippen molar-refractivity contribution in [3.8, 4) is 0 Å². The van der Waals surface area contributed by atoms with E-state index in [0.29, 0.717) is 16.6 Å². The van der Waals surface area contributed by atoms with Gasteiger partial charge in [-0.2, -0.15) is 4.98 Å². The van der Waals surface area contributed by atoms with Crippen LogP contribution in [-0.4, -0.2) is 27.4 Å². The van der Waals surface area contributed by atoms with Crippen molar-refractivity contribution >= 4 is 23.5 Å². The molecule has 0 bridgehead atoms. The Morgan fingerprint density at radius 3 is 2.92 bits per heavy atom. The minimum atomic E-state index is 0.0972. The number of aromatic nitrogens is 2. The summed E-state index contributed by atoms with van der Waals surface area (Å²) in [5.74, 6) is 6.36. The molecule has 6 nitrogen and oxygen atoms in total. The normalized spacial score (nSPS) is 10.0. The van der Waals surface area contributed by atoms with Crippen molar-refractivity contribution in [2.24, 2.45) is 5.84 Å². The number of anilines is 2. The maximum Gasteiger partial charge on any atom is 0.223 e. The topological polar surface area (TPSA) is 110 Å². The largest absolute Gasteiger partial charge is 0.396 e. The summed E-state index contributed by atoms with van der Waals surface area (Å²) in [6.45, 7) is 0.0972. The van der Waals surface area contributed by atoms with Crippen LogP contribution >= 0.6 is 11.8 Å². The van der Waals surface area contributed by atoms with Gasteiger partial charge in [-0.1, -0.05) is 0 Å². The molecule has 0 unspecified atom stereocenters. The molecule has 1 aromatic heterocycles. The smallest absolute Gasteiger partial charge is 0.223 e. The Morgan fingerprint density at radius 1 is 1.54 bits per heavy atom. The van der Waals surface area contributed by atoms with Gasteiger partial charge in [-0.15, -0.1) is 11.8 Å². The van der Waals surface area contributed by atoms with Crippen molar-refractivity contribution in [2.45, 2.75) is 5.03 Å². The van der Waals surface area contributed by atoms with Crippen LogP contribution < -0.4 is 17.0 Å². The molecule has 1 rings (SSSR count). The van der Waals surface area contributed by atoms with E-state index in [1.165, 1.54) is 11.8 Å². The van der Waals surface area contributed by atoms with Gasteiger partial charge in [0.2, 0.25) is 5.95 Å². The van der Waals surface area contributed by atoms with Crippen LogP contribution in [0.1, 0.15) is 0 Å². The van der Waals surface area contributed by atoms with E-state index in [-0.39, 0.29) is 12.6 Å². The van der Waals surface area contributed by atoms with Gasteiger partial charge in [-0.05, 0) is 0 Å². The van der Waals surface area contributed by atoms with E-state index >= 15 is 0 Å². The average Bonchev–Trinajstić information content (AvgIpc) is 2.14. The Bertz CT molecular complexity index is 282. The van der Waals surface area contributed by atoms with Gasteiger partial charge in [0.05, 0.1) is 6.61 Å². The van der Waals surface area contributed by atoms with E-state index in [0.717, 1.165) is 0 Å². The van der Waals surface area contributed by atoms with Crippen LogP contribution in [0.3, 0.4) is 0 Å². The van der Waals surface area contributed by atoms with Crippen molar-refractivity contribution in [2.75, 3.05) is 23.5 Å². The number of aliphatic hydroxyl groups is 1. The summed E-state index contributed by atoms with van der Waals surface area (Å²) in [6, 6.07) is 1.66. The maximum atomic E-state index is 8.59. The number of hydrogen-bond acceptors (Lipinski definition) is 7. The Balaban J connectivity index is 2.76. The van der Waals surface area contributed by atoms with Crippen LogP contribution in [0.15, 0.2) is 11.1 Å². The summed E-state index contributed by atoms with van der Waals surface area (Å²) in [7, 11) is 0. The highest BCUT2D eigenvalue weighted by Gasteiger charge is 2.00. The van der Waals surface area contributed by atoms with Crippen LogP contribution in [0.5, 0.6) is 0 Å². The lowest BCUT2D eigenvalue weighted by Gasteiger charge is -2.03. The van der Waals surface area contributed by atoms with E-state index in [9.17, 15) is 0 Å². The van der Waals surface area contributed by atoms with E-state index in [1.54, 1.807) is 6.07 Å². The van der Waals surface area contributed by atoms with Gasteiger partial charge in [-0.25, -0.2) is 10.8 Å². The highest BCUT2D eigenvalue weighted by Crippen LogP contribution is 2.18. The van der Waals surface area contributed by atoms with Crippen LogP contribution in [0.4, 0.5) is 11.8 Å². The van der Waals surface area contributed by atoms with Gasteiger partial charge in [0.25, 0.3) is 0 Å². The van der Waals surface area contributed by atoms with Gasteiger partial charge in [-0.3, -0.25) is 0 Å². The van der Waals surface area contributed by atoms with Gasteiger partial charge >= 0.3 is 0 Å². The van der Waals surface area contributed by atoms with Gasteiger partial charge < -0.3 is 16.3 Å². The first-order valence-corrected chi connectivity index (χ1v) is 4.59. The number of nitrogens with one attached hydrogen (secondary N) is 1. The second kappa shape index (κ2) is 4.85. The van der Waals surface area contributed by atoms with Crippen LogP contribution in [-0.2, 0) is 0 Å². The third-order valence-corrected chi connectivity index (χ3v) is 2.10. The average molecular weight is 201 g/mol. The monoisotopic (exact) mass is 201 g/mol. The molecule has 1 heterocycles. The highest BCUT2D eigenvalue weighted by molar-refractivity contribution is 7.99. The van der Waals surface area contributed by atoms with Gasteiger partial charge in [0.1, 0.15) is 10.8 Å². The Kier molecular flexibility index (Phi) is 3.74. The molecule has 0 fully saturated rings. The van der Waals surface area contributed by atoms with Crippen molar-refractivity contribution in [3.63, 3.8) is 0 Å². The third kappa shape index (κ3) is 3.05. The molecule has 13 heavy (non-hydrogen) atoms. The molecule has 0 aromatic carbocycles. The van der Waals surface area contributed by atoms with E-state index in [4.69, 9.17) is 16.7 Å². The van der Waals surface area contributed by atoms with Crippen molar-refractivity contribution in [1.82, 2.24) is 9.97 Å². The zero-order valence-corrected chi connectivity index (χ0v) is 7.71. The Hall–Kier alpha value is -1.05. The fourth-order valence-electron chi connectivity index (χ4n) is 0.741. The second-order valence-corrected chi connectivity index (χ2v) is 3.28. The summed E-state index contributed by atoms with van der Waals surface area (Å²) in [6.07, 6.45) is 0. The summed E-state index contributed by atoms with van der Waals surface area (Å²) >= 11 is 1.39. The number of thioether (sulfide) groups is 1. The molecule has 7 heteroatoms. The molecule has 0 atom stereocenters. The summed E-state index contributed by atoms with van der Waals surface area (Å²) in [5, 5.41) is 9.28. The van der Waals surface area contributed by atoms with Crippen LogP contribution in [0.25, 0.3) is 0 Å². The third-order valence-electron chi connectivity index (χ3n) is 1.21. The number of hydrogen-bond donors (Lipinski definition) is 4. The fourth-order valence-corrected chi connectivity index (χ4v) is 1.39. The van der Waals surface area contributed by atoms with Gasteiger partial charge in [0, 0.05) is 11.8 Å². The molecule has 0 saturated heterocycles. The molecule has 1 aromatic rings. The molecule has 0 amide bonds. The molecule has 0 aliphatic heterocycles. The number of nitrogens with two attached hydrogens (primary N) is 2. The molecule has 0 radical (unpaired) electrons. The van der Waals surface area contributed by atoms with E-state index in [1.807, 2.05) is 0 Å². The second-order valence-electron chi connectivity index (χ2n) is 2.17. The maximum absolute atomic E-state index is 8.59. The standard InChI is InChI=1S/C6H11N5OS/c7-6-9-4(11-8)3-5(10-6)13-2-1-12/h3,12H,1-2,8H2,(H3,7,9,10,11). The molecule has 72 valence electrons. The number of nitrogen functional groups attached to an aromatic ring is 2. The minimum Gasteiger partial charge on any atom is -0.396 e. The molecule has 0 spiro atoms. The molecule has 0 aliphatic carbocycles. The van der Waals surface area contributed by atoms with Crippen molar-refractivity contribution in [3.05, 3.63) is 6.07 Å². The summed E-state index contributed by atoms with van der Waals surface area (Å²) in [4.78, 5) is 7.76. The molecule has 0 saturated carbocycles. The SMILES string of the molecule is NNc1cc(SCCO)nc(N)n1. The lowest BCUT2D eigenvalue weighted by molar-refractivity contribution is 0.322. The zero-order chi connectivity index (χ0) is 9.68. The zero-order valence-electron chi connectivity index (χ0n) is 6.90. The predicted octanol–water partition coefficient (Wildman–Crippen LogP) is -0.571. The molecule has 0 aliphatic rings. The highest BCUT2D eigenvalue weighted by atomic mass is 32.2. The van der Waals surface area contributed by atoms with E-state index in [2.05, 4.69) is 15.4 Å². The first-order chi connectivity index (χ1) is 6.26. The lowest BCUT2D eigenvalue weighted by Crippen LogP contribution is -2.10. The summed E-state index contributed by atoms with van der Waals surface area (Å²) in [5.41, 5.74) is 7.79. The quantitative estimate of drug-likeness (QED) is 0.223. The van der Waals surface area contributed by atoms with Crippen LogP contribution in [0.2, 0.25) is 0 Å². The predicted molar refractivity (Wildman–Crippen MR) is 52.1 cm³/mol. The number of aliphatic hydroxyl groups excluding tert-OH is 1. The first-order valence-electron chi connectivity index (χ1n) is 3.61. The minimum absolute atomic E-state index is 0.0972. The Labute approximate surface area is 79.7 Å². The number of nitrogens with zero attached hydrogens (tertiary/aromatic N) is 2. The van der Waals surface area contributed by atoms with Crippen LogP contribution in [0, 0.1) is 0 Å². The molecule has 6 N–H and O–H groups in total. The molecular formula is C6H11N5OS. The first kappa shape index (κ1) is 10.0. The summed E-state index contributed by atoms with van der Waals surface area (Å²) < 4.78 is 0.